The average Bonchev–Trinajstić information content (AvgIpc) is 2.23. The maximum atomic E-state index is 12.5. The Balaban J connectivity index is 3.75. The molecule has 0 unspecified atom stereocenters. The third-order valence-corrected chi connectivity index (χ3v) is 2.33. The van der Waals surface area contributed by atoms with E-state index in [1.54, 1.807) is 0 Å². The zero-order chi connectivity index (χ0) is 15.9. The van der Waals surface area contributed by atoms with Crippen molar-refractivity contribution in [3.63, 3.8) is 0 Å². The maximum Gasteiger partial charge on any atom is 0.416 e. The summed E-state index contributed by atoms with van der Waals surface area (Å²) in [4.78, 5) is 0. The fourth-order valence-electron chi connectivity index (χ4n) is 1.50. The van der Waals surface area contributed by atoms with Gasteiger partial charge in [0.05, 0.1) is 16.7 Å². The van der Waals surface area contributed by atoms with Crippen LogP contribution in [0.3, 0.4) is 0 Å². The summed E-state index contributed by atoms with van der Waals surface area (Å²) in [7, 11) is 0. The number of benzene rings is 1. The van der Waals surface area contributed by atoms with Crippen LogP contribution in [0.5, 0.6) is 0 Å². The van der Waals surface area contributed by atoms with Gasteiger partial charge in [-0.25, -0.2) is 5.11 Å². The fraction of sp³-hybridized carbons (Fsp3) is 0.400. The highest BCUT2D eigenvalue weighted by Crippen LogP contribution is 2.43. The Hall–Kier alpha value is -1.45. The fourth-order valence-corrected chi connectivity index (χ4v) is 1.50. The molecule has 0 aliphatic rings. The Morgan fingerprint density at radius 3 is 1.25 bits per heavy atom. The molecule has 0 aliphatic heterocycles. The zero-order valence-corrected chi connectivity index (χ0v) is 9.17. The lowest BCUT2D eigenvalue weighted by atomic mass is 9.96. The number of alkyl halides is 9. The molecule has 0 fully saturated rings. The molecule has 113 valence electrons. The molecule has 1 radical (unpaired) electrons. The lowest BCUT2D eigenvalue weighted by molar-refractivity contribution is -0.150. The van der Waals surface area contributed by atoms with E-state index < -0.39 is 59.5 Å². The van der Waals surface area contributed by atoms with Gasteiger partial charge in [0, 0.05) is 5.56 Å². The van der Waals surface area contributed by atoms with E-state index in [0.717, 1.165) is 0 Å². The van der Waals surface area contributed by atoms with Gasteiger partial charge in [0.25, 0.3) is 0 Å². The molecule has 0 aliphatic carbocycles. The van der Waals surface area contributed by atoms with Crippen LogP contribution in [-0.4, -0.2) is 0 Å². The van der Waals surface area contributed by atoms with Crippen molar-refractivity contribution in [3.05, 3.63) is 34.4 Å². The number of hydrogen-bond donors (Lipinski definition) is 0. The first-order chi connectivity index (χ1) is 8.78. The third-order valence-electron chi connectivity index (χ3n) is 2.33. The van der Waals surface area contributed by atoms with Crippen molar-refractivity contribution >= 4 is 0 Å². The Kier molecular flexibility index (Phi) is 4.01. The van der Waals surface area contributed by atoms with E-state index in [1.165, 1.54) is 0 Å². The van der Waals surface area contributed by atoms with Crippen LogP contribution in [0, 0.1) is 0 Å². The molecule has 0 N–H and O–H groups in total. The van der Waals surface area contributed by atoms with E-state index in [4.69, 9.17) is 0 Å². The smallest absolute Gasteiger partial charge is 0.232 e. The molecule has 1 nitrogen and oxygen atoms in total. The first-order valence-electron chi connectivity index (χ1n) is 4.75. The minimum atomic E-state index is -5.50. The van der Waals surface area contributed by atoms with Gasteiger partial charge in [-0.05, 0) is 12.1 Å². The van der Waals surface area contributed by atoms with Gasteiger partial charge in [0.2, 0.25) is 0 Å². The highest BCUT2D eigenvalue weighted by atomic mass is 19.4. The van der Waals surface area contributed by atoms with Gasteiger partial charge in [-0.1, -0.05) is 0 Å². The molecule has 0 heterocycles. The van der Waals surface area contributed by atoms with Crippen molar-refractivity contribution in [3.8, 4) is 0 Å². The van der Waals surface area contributed by atoms with Crippen molar-refractivity contribution in [2.45, 2.75) is 25.1 Å². The summed E-state index contributed by atoms with van der Waals surface area (Å²) in [5.74, 6) is 0. The summed E-state index contributed by atoms with van der Waals surface area (Å²) in [6.45, 7) is -1.94. The van der Waals surface area contributed by atoms with Gasteiger partial charge in [-0.3, -0.25) is 0 Å². The lowest BCUT2D eigenvalue weighted by Crippen LogP contribution is -2.19. The zero-order valence-electron chi connectivity index (χ0n) is 9.17. The van der Waals surface area contributed by atoms with Crippen molar-refractivity contribution < 1.29 is 44.6 Å². The van der Waals surface area contributed by atoms with Crippen LogP contribution >= 0.6 is 0 Å². The van der Waals surface area contributed by atoms with E-state index >= 15 is 0 Å². The first kappa shape index (κ1) is 16.6. The van der Waals surface area contributed by atoms with Crippen LogP contribution in [-0.2, 0) is 30.2 Å². The van der Waals surface area contributed by atoms with Crippen LogP contribution in [0.2, 0.25) is 0 Å². The molecular formula is C10H4F9O. The van der Waals surface area contributed by atoms with Gasteiger partial charge in [-0.2, -0.15) is 39.5 Å². The minimum absolute atomic E-state index is 0.498. The second-order valence-electron chi connectivity index (χ2n) is 3.69. The quantitative estimate of drug-likeness (QED) is 0.672. The molecule has 0 spiro atoms. The molecule has 0 bridgehead atoms. The number of halogens is 9. The van der Waals surface area contributed by atoms with Crippen LogP contribution in [0.25, 0.3) is 0 Å². The largest absolute Gasteiger partial charge is 0.416 e. The van der Waals surface area contributed by atoms with Gasteiger partial charge in [-0.15, -0.1) is 0 Å². The van der Waals surface area contributed by atoms with E-state index in [9.17, 15) is 44.6 Å². The average molecular weight is 311 g/mol. The van der Waals surface area contributed by atoms with Crippen molar-refractivity contribution in [1.82, 2.24) is 0 Å². The topological polar surface area (TPSA) is 19.9 Å². The number of hydrogen-bond acceptors (Lipinski definition) is 0. The second-order valence-corrected chi connectivity index (χ2v) is 3.69. The highest BCUT2D eigenvalue weighted by molar-refractivity contribution is 5.43. The normalized spacial score (nSPS) is 13.7. The van der Waals surface area contributed by atoms with Gasteiger partial charge in [0.15, 0.2) is 0 Å². The molecule has 0 saturated carbocycles. The summed E-state index contributed by atoms with van der Waals surface area (Å²) in [6, 6.07) is -0.995. The molecule has 1 rings (SSSR count). The Morgan fingerprint density at radius 2 is 1.05 bits per heavy atom. The molecular weight excluding hydrogens is 307 g/mol. The van der Waals surface area contributed by atoms with E-state index in [2.05, 4.69) is 0 Å². The summed E-state index contributed by atoms with van der Waals surface area (Å²) < 4.78 is 112. The predicted molar refractivity (Wildman–Crippen MR) is 45.8 cm³/mol. The predicted octanol–water partition coefficient (Wildman–Crippen LogP) is 4.67. The molecule has 0 saturated heterocycles. The van der Waals surface area contributed by atoms with Crippen LogP contribution in [0.1, 0.15) is 22.3 Å². The maximum absolute atomic E-state index is 12.5. The Labute approximate surface area is 105 Å². The van der Waals surface area contributed by atoms with E-state index in [1.807, 2.05) is 0 Å². The van der Waals surface area contributed by atoms with E-state index in [0.29, 0.717) is 0 Å². The summed E-state index contributed by atoms with van der Waals surface area (Å²) in [5, 5.41) is 10.5. The summed E-state index contributed by atoms with van der Waals surface area (Å²) >= 11 is 0. The minimum Gasteiger partial charge on any atom is -0.232 e. The van der Waals surface area contributed by atoms with Gasteiger partial charge < -0.3 is 0 Å². The van der Waals surface area contributed by atoms with Crippen LogP contribution in [0.15, 0.2) is 12.1 Å². The molecule has 1 aromatic rings. The van der Waals surface area contributed by atoms with Gasteiger partial charge >= 0.3 is 18.5 Å². The molecule has 1 aromatic carbocycles. The van der Waals surface area contributed by atoms with Crippen LogP contribution in [0.4, 0.5) is 39.5 Å². The monoisotopic (exact) mass is 311 g/mol. The Morgan fingerprint density at radius 1 is 0.700 bits per heavy atom. The highest BCUT2D eigenvalue weighted by Gasteiger charge is 2.44. The molecule has 0 amide bonds. The SMILES string of the molecule is [O]Cc1c(C(F)(F)F)cc(C(F)(F)F)cc1C(F)(F)F. The number of rotatable bonds is 1. The molecule has 0 atom stereocenters. The van der Waals surface area contributed by atoms with Crippen LogP contribution < -0.4 is 0 Å². The molecule has 20 heavy (non-hydrogen) atoms. The third kappa shape index (κ3) is 3.35. The summed E-state index contributed by atoms with van der Waals surface area (Å²) in [6.07, 6.45) is -16.4. The van der Waals surface area contributed by atoms with Crippen molar-refractivity contribution in [2.24, 2.45) is 0 Å². The van der Waals surface area contributed by atoms with Gasteiger partial charge in [0.1, 0.15) is 6.61 Å². The lowest BCUT2D eigenvalue weighted by Gasteiger charge is -2.19. The second kappa shape index (κ2) is 4.83. The molecule has 0 aromatic heterocycles. The standard InChI is InChI=1S/C10H4F9O/c11-8(12,13)4-1-6(9(14,15)16)5(3-20)7(2-4)10(17,18)19/h1-2H,3H2. The molecule has 10 heteroatoms. The first-order valence-corrected chi connectivity index (χ1v) is 4.75. The van der Waals surface area contributed by atoms with Crippen molar-refractivity contribution in [1.29, 1.82) is 0 Å². The summed E-state index contributed by atoms with van der Waals surface area (Å²) in [5.41, 5.74) is -8.32. The van der Waals surface area contributed by atoms with E-state index in [-0.39, 0.29) is 0 Å². The Bertz CT molecular complexity index is 460. The van der Waals surface area contributed by atoms with Crippen molar-refractivity contribution in [2.75, 3.05) is 0 Å².